The fourth-order valence-electron chi connectivity index (χ4n) is 3.84. The van der Waals surface area contributed by atoms with Crippen LogP contribution in [0.1, 0.15) is 54.2 Å². The molecule has 1 aliphatic rings. The largest absolute Gasteiger partial charge is 0.396 e. The van der Waals surface area contributed by atoms with E-state index in [1.54, 1.807) is 23.1 Å². The van der Waals surface area contributed by atoms with Crippen molar-refractivity contribution in [2.75, 3.05) is 6.61 Å². The second kappa shape index (κ2) is 7.27. The van der Waals surface area contributed by atoms with E-state index < -0.39 is 12.3 Å². The van der Waals surface area contributed by atoms with Crippen LogP contribution < -0.4 is 10.2 Å². The number of carbonyl (C=O) groups is 1. The van der Waals surface area contributed by atoms with E-state index in [1.165, 1.54) is 21.6 Å². The molecule has 1 saturated carbocycles. The van der Waals surface area contributed by atoms with Crippen LogP contribution in [0.25, 0.3) is 11.3 Å². The Morgan fingerprint density at radius 1 is 1.32 bits per heavy atom. The molecule has 148 valence electrons. The van der Waals surface area contributed by atoms with Crippen LogP contribution >= 0.6 is 0 Å². The maximum Gasteiger partial charge on any atom is 0.361 e. The number of primary amides is 1. The Morgan fingerprint density at radius 3 is 2.71 bits per heavy atom. The SMILES string of the molecule is NC(=O)c1cn(-c2cn(C3CCC(CO)CC3)nc2C(F)F)[n+]2cccnc12. The molecule has 3 aromatic rings. The molecule has 3 aromatic heterocycles. The lowest BCUT2D eigenvalue weighted by Gasteiger charge is -2.27. The van der Waals surface area contributed by atoms with Crippen LogP contribution in [0.15, 0.2) is 30.9 Å². The molecule has 1 aliphatic carbocycles. The zero-order valence-corrected chi connectivity index (χ0v) is 15.1. The maximum atomic E-state index is 13.7. The molecule has 10 heteroatoms. The van der Waals surface area contributed by atoms with Crippen molar-refractivity contribution in [1.82, 2.24) is 19.4 Å². The van der Waals surface area contributed by atoms with Gasteiger partial charge in [-0.2, -0.15) is 9.78 Å². The van der Waals surface area contributed by atoms with Gasteiger partial charge in [-0.15, -0.1) is 4.52 Å². The van der Waals surface area contributed by atoms with Gasteiger partial charge in [-0.05, 0) is 36.6 Å². The Hall–Kier alpha value is -2.88. The van der Waals surface area contributed by atoms with Gasteiger partial charge >= 0.3 is 5.65 Å². The lowest BCUT2D eigenvalue weighted by molar-refractivity contribution is -0.600. The number of rotatable bonds is 5. The van der Waals surface area contributed by atoms with Crippen LogP contribution in [-0.2, 0) is 0 Å². The zero-order valence-electron chi connectivity index (χ0n) is 15.1. The number of nitrogens with zero attached hydrogens (tertiary/aromatic N) is 5. The molecule has 0 saturated heterocycles. The summed E-state index contributed by atoms with van der Waals surface area (Å²) in [7, 11) is 0. The molecule has 4 rings (SSSR count). The van der Waals surface area contributed by atoms with E-state index in [0.717, 1.165) is 25.7 Å². The highest BCUT2D eigenvalue weighted by Crippen LogP contribution is 2.34. The van der Waals surface area contributed by atoms with Gasteiger partial charge in [0, 0.05) is 12.7 Å². The number of alkyl halides is 2. The molecule has 0 unspecified atom stereocenters. The molecular weight excluding hydrogens is 370 g/mol. The third-order valence-corrected chi connectivity index (χ3v) is 5.36. The summed E-state index contributed by atoms with van der Waals surface area (Å²) in [5, 5.41) is 13.4. The number of aromatic nitrogens is 5. The predicted molar refractivity (Wildman–Crippen MR) is 94.1 cm³/mol. The highest BCUT2D eigenvalue weighted by Gasteiger charge is 2.29. The van der Waals surface area contributed by atoms with Crippen molar-refractivity contribution in [3.63, 3.8) is 0 Å². The summed E-state index contributed by atoms with van der Waals surface area (Å²) in [6.07, 6.45) is 6.52. The summed E-state index contributed by atoms with van der Waals surface area (Å²) >= 11 is 0. The average Bonchev–Trinajstić information content (AvgIpc) is 3.30. The van der Waals surface area contributed by atoms with Crippen LogP contribution in [-0.4, -0.2) is 37.1 Å². The summed E-state index contributed by atoms with van der Waals surface area (Å²) in [4.78, 5) is 15.9. The molecule has 28 heavy (non-hydrogen) atoms. The fourth-order valence-corrected chi connectivity index (χ4v) is 3.84. The molecule has 8 nitrogen and oxygen atoms in total. The van der Waals surface area contributed by atoms with Crippen LogP contribution in [0.5, 0.6) is 0 Å². The van der Waals surface area contributed by atoms with Gasteiger partial charge in [-0.25, -0.2) is 8.78 Å². The molecule has 0 radical (unpaired) electrons. The number of amides is 1. The molecule has 3 N–H and O–H groups in total. The number of fused-ring (bicyclic) bond motifs is 1. The van der Waals surface area contributed by atoms with Crippen LogP contribution in [0.4, 0.5) is 8.78 Å². The van der Waals surface area contributed by atoms with E-state index in [-0.39, 0.29) is 41.2 Å². The van der Waals surface area contributed by atoms with Gasteiger partial charge in [-0.3, -0.25) is 9.48 Å². The van der Waals surface area contributed by atoms with E-state index in [2.05, 4.69) is 10.1 Å². The van der Waals surface area contributed by atoms with Gasteiger partial charge in [0.1, 0.15) is 18.1 Å². The monoisotopic (exact) mass is 391 g/mol. The minimum Gasteiger partial charge on any atom is -0.396 e. The molecular formula is C18H21F2N6O2+. The summed E-state index contributed by atoms with van der Waals surface area (Å²) in [5.41, 5.74) is 5.65. The average molecular weight is 391 g/mol. The highest BCUT2D eigenvalue weighted by atomic mass is 19.3. The molecule has 1 amide bonds. The van der Waals surface area contributed by atoms with Gasteiger partial charge in [0.2, 0.25) is 0 Å². The van der Waals surface area contributed by atoms with Gasteiger partial charge in [-0.1, -0.05) is 0 Å². The molecule has 0 atom stereocenters. The van der Waals surface area contributed by atoms with E-state index >= 15 is 0 Å². The summed E-state index contributed by atoms with van der Waals surface area (Å²) in [5.74, 6) is -0.433. The molecule has 3 heterocycles. The van der Waals surface area contributed by atoms with Crippen LogP contribution in [0.3, 0.4) is 0 Å². The fraction of sp³-hybridized carbons (Fsp3) is 0.444. The first-order chi connectivity index (χ1) is 13.5. The van der Waals surface area contributed by atoms with Crippen molar-refractivity contribution >= 4 is 11.6 Å². The number of aliphatic hydroxyl groups excluding tert-OH is 1. The Morgan fingerprint density at radius 2 is 2.07 bits per heavy atom. The zero-order chi connectivity index (χ0) is 19.8. The molecule has 1 fully saturated rings. The Bertz CT molecular complexity index is 1010. The van der Waals surface area contributed by atoms with E-state index in [1.807, 2.05) is 0 Å². The molecule has 0 aliphatic heterocycles. The molecule has 0 aromatic carbocycles. The second-order valence-corrected chi connectivity index (χ2v) is 7.08. The van der Waals surface area contributed by atoms with Gasteiger partial charge in [0.15, 0.2) is 11.3 Å². The first kappa shape index (κ1) is 18.5. The van der Waals surface area contributed by atoms with Gasteiger partial charge in [0.25, 0.3) is 12.3 Å². The van der Waals surface area contributed by atoms with Crippen molar-refractivity contribution < 1.29 is 23.2 Å². The van der Waals surface area contributed by atoms with Crippen LogP contribution in [0, 0.1) is 5.92 Å². The first-order valence-electron chi connectivity index (χ1n) is 9.15. The van der Waals surface area contributed by atoms with Crippen molar-refractivity contribution in [3.8, 4) is 5.69 Å². The van der Waals surface area contributed by atoms with E-state index in [0.29, 0.717) is 0 Å². The maximum absolute atomic E-state index is 13.7. The summed E-state index contributed by atoms with van der Waals surface area (Å²) < 4.78 is 32.0. The first-order valence-corrected chi connectivity index (χ1v) is 9.15. The Labute approximate surface area is 159 Å². The number of hydrogen-bond donors (Lipinski definition) is 2. The van der Waals surface area contributed by atoms with Gasteiger partial charge < -0.3 is 10.8 Å². The molecule has 0 bridgehead atoms. The number of aliphatic hydroxyl groups is 1. The third kappa shape index (κ3) is 3.13. The van der Waals surface area contributed by atoms with Crippen molar-refractivity contribution in [2.45, 2.75) is 38.2 Å². The Kier molecular flexibility index (Phi) is 4.80. The number of nitrogens with two attached hydrogens (primary N) is 1. The standard InChI is InChI=1S/C18H20F2N6O2/c19-16(20)15-14(9-24(23-15)12-4-2-11(10-27)3-5-12)26-8-13(17(21)28)18-22-6-1-7-25(18)26/h1,6-9,11-12,16,27H,2-5,10H2,(H-,21,28)/p+1. The number of hydrogen-bond acceptors (Lipinski definition) is 4. The minimum absolute atomic E-state index is 0.00499. The Balaban J connectivity index is 1.79. The predicted octanol–water partition coefficient (Wildman–Crippen LogP) is 1.57. The topological polar surface area (TPSA) is 103 Å². The minimum atomic E-state index is -2.78. The van der Waals surface area contributed by atoms with E-state index in [9.17, 15) is 18.7 Å². The smallest absolute Gasteiger partial charge is 0.361 e. The molecule has 0 spiro atoms. The normalized spacial score (nSPS) is 20.1. The summed E-state index contributed by atoms with van der Waals surface area (Å²) in [6.45, 7) is 0.147. The lowest BCUT2D eigenvalue weighted by Crippen LogP contribution is -2.32. The van der Waals surface area contributed by atoms with Crippen molar-refractivity contribution in [2.24, 2.45) is 11.7 Å². The lowest BCUT2D eigenvalue weighted by atomic mass is 9.87. The summed E-state index contributed by atoms with van der Waals surface area (Å²) in [6, 6.07) is 1.63. The number of carbonyl (C=O) groups excluding carboxylic acids is 1. The van der Waals surface area contributed by atoms with E-state index in [4.69, 9.17) is 5.73 Å². The third-order valence-electron chi connectivity index (χ3n) is 5.36. The highest BCUT2D eigenvalue weighted by molar-refractivity contribution is 5.97. The van der Waals surface area contributed by atoms with Crippen LogP contribution in [0.2, 0.25) is 0 Å². The van der Waals surface area contributed by atoms with Crippen molar-refractivity contribution in [3.05, 3.63) is 42.1 Å². The second-order valence-electron chi connectivity index (χ2n) is 7.08. The van der Waals surface area contributed by atoms with Crippen molar-refractivity contribution in [1.29, 1.82) is 0 Å². The number of halogens is 2. The van der Waals surface area contributed by atoms with Gasteiger partial charge in [0.05, 0.1) is 18.4 Å². The quantitative estimate of drug-likeness (QED) is 0.645.